The van der Waals surface area contributed by atoms with Crippen LogP contribution in [0.4, 0.5) is 34.1 Å². The van der Waals surface area contributed by atoms with Crippen LogP contribution < -0.4 is 26.2 Å². The van der Waals surface area contributed by atoms with Gasteiger partial charge in [-0.3, -0.25) is 0 Å². The Morgan fingerprint density at radius 3 is 1.43 bits per heavy atom. The molecular formula is C57H71BN2. The van der Waals surface area contributed by atoms with Gasteiger partial charge in [0.25, 0.3) is 6.71 Å². The van der Waals surface area contributed by atoms with Gasteiger partial charge in [0, 0.05) is 34.1 Å². The van der Waals surface area contributed by atoms with Crippen molar-refractivity contribution in [2.24, 2.45) is 0 Å². The van der Waals surface area contributed by atoms with Crippen molar-refractivity contribution < 1.29 is 0 Å². The van der Waals surface area contributed by atoms with Gasteiger partial charge in [-0.25, -0.2) is 0 Å². The molecule has 0 radical (unpaired) electrons. The maximum atomic E-state index is 2.70. The summed E-state index contributed by atoms with van der Waals surface area (Å²) in [6, 6.07) is 32.6. The lowest BCUT2D eigenvalue weighted by molar-refractivity contribution is 0.403. The van der Waals surface area contributed by atoms with Crippen LogP contribution in [0.1, 0.15) is 175 Å². The van der Waals surface area contributed by atoms with Crippen molar-refractivity contribution in [1.29, 1.82) is 0 Å². The molecule has 0 atom stereocenters. The topological polar surface area (TPSA) is 6.48 Å². The molecule has 0 fully saturated rings. The normalized spacial score (nSPS) is 19.1. The minimum atomic E-state index is -0.0753. The van der Waals surface area contributed by atoms with Gasteiger partial charge in [-0.2, -0.15) is 0 Å². The lowest BCUT2D eigenvalue weighted by Gasteiger charge is -2.46. The third kappa shape index (κ3) is 6.09. The Balaban J connectivity index is 1.44. The fourth-order valence-electron chi connectivity index (χ4n) is 12.4. The summed E-state index contributed by atoms with van der Waals surface area (Å²) >= 11 is 0. The average molecular weight is 795 g/mol. The molecule has 2 aliphatic carbocycles. The first-order chi connectivity index (χ1) is 27.5. The molecule has 312 valence electrons. The van der Waals surface area contributed by atoms with E-state index in [9.17, 15) is 0 Å². The van der Waals surface area contributed by atoms with Gasteiger partial charge in [0.05, 0.1) is 0 Å². The molecule has 5 aromatic carbocycles. The van der Waals surface area contributed by atoms with Gasteiger partial charge in [-0.05, 0) is 161 Å². The summed E-state index contributed by atoms with van der Waals surface area (Å²) in [6.07, 6.45) is 2.29. The van der Waals surface area contributed by atoms with Gasteiger partial charge in [0.2, 0.25) is 0 Å². The van der Waals surface area contributed by atoms with E-state index in [1.54, 1.807) is 0 Å². The number of hydrogen-bond donors (Lipinski definition) is 0. The number of nitrogens with zero attached hydrogens (tertiary/aromatic N) is 2. The van der Waals surface area contributed by atoms with E-state index in [1.165, 1.54) is 95.0 Å². The van der Waals surface area contributed by atoms with Gasteiger partial charge in [0.15, 0.2) is 0 Å². The highest BCUT2D eigenvalue weighted by molar-refractivity contribution is 7.00. The second-order valence-corrected chi connectivity index (χ2v) is 25.1. The van der Waals surface area contributed by atoms with Crippen LogP contribution in [0.25, 0.3) is 0 Å². The minimum Gasteiger partial charge on any atom is -0.311 e. The first-order valence-corrected chi connectivity index (χ1v) is 22.9. The van der Waals surface area contributed by atoms with E-state index in [-0.39, 0.29) is 44.6 Å². The zero-order chi connectivity index (χ0) is 43.7. The molecule has 3 heteroatoms. The SMILES string of the molecule is Cc1cc(C(C)(C)C)ccc1N1c2ccc(C(C)(C)C)cc2B2c3cc4c(cc3N(c3ccc5c(c3)C(C)(C)CC5(C)C)c3cc(C(C)(C)C)cc1c32)C(C)(C)CC4(C)C. The lowest BCUT2D eigenvalue weighted by Crippen LogP contribution is -2.62. The number of rotatable bonds is 2. The van der Waals surface area contributed by atoms with Crippen molar-refractivity contribution >= 4 is 57.2 Å². The van der Waals surface area contributed by atoms with Crippen LogP contribution in [0.5, 0.6) is 0 Å². The minimum absolute atomic E-state index is 0.00180. The van der Waals surface area contributed by atoms with E-state index in [4.69, 9.17) is 0 Å². The number of hydrogen-bond acceptors (Lipinski definition) is 2. The summed E-state index contributed by atoms with van der Waals surface area (Å²) in [5.74, 6) is 0. The third-order valence-corrected chi connectivity index (χ3v) is 15.2. The third-order valence-electron chi connectivity index (χ3n) is 15.2. The van der Waals surface area contributed by atoms with Crippen LogP contribution in [-0.2, 0) is 37.9 Å². The Kier molecular flexibility index (Phi) is 8.54. The summed E-state index contributed by atoms with van der Waals surface area (Å²) < 4.78 is 0. The van der Waals surface area contributed by atoms with Gasteiger partial charge in [-0.15, -0.1) is 0 Å². The molecule has 0 saturated heterocycles. The van der Waals surface area contributed by atoms with Crippen LogP contribution in [0.15, 0.2) is 78.9 Å². The number of fused-ring (bicyclic) bond motifs is 6. The predicted octanol–water partition coefficient (Wildman–Crippen LogP) is 13.9. The summed E-state index contributed by atoms with van der Waals surface area (Å²) in [6.45, 7) is 43.3. The first-order valence-electron chi connectivity index (χ1n) is 22.9. The Hall–Kier alpha value is -4.24. The molecule has 0 amide bonds. The molecule has 60 heavy (non-hydrogen) atoms. The summed E-state index contributed by atoms with van der Waals surface area (Å²) in [4.78, 5) is 5.35. The van der Waals surface area contributed by atoms with Gasteiger partial charge in [-0.1, -0.05) is 154 Å². The molecule has 0 aromatic heterocycles. The fraction of sp³-hybridized carbons (Fsp3) is 0.474. The molecule has 5 aromatic rings. The number of benzene rings is 5. The van der Waals surface area contributed by atoms with Crippen LogP contribution >= 0.6 is 0 Å². The molecule has 9 rings (SSSR count). The molecule has 4 aliphatic rings. The fourth-order valence-corrected chi connectivity index (χ4v) is 12.4. The second kappa shape index (κ2) is 12.4. The molecule has 2 heterocycles. The van der Waals surface area contributed by atoms with E-state index in [0.717, 1.165) is 12.8 Å². The number of anilines is 6. The largest absolute Gasteiger partial charge is 0.311 e. The number of aryl methyl sites for hydroxylation is 1. The maximum absolute atomic E-state index is 2.70. The van der Waals surface area contributed by atoms with E-state index in [2.05, 4.69) is 213 Å². The lowest BCUT2D eigenvalue weighted by atomic mass is 9.33. The zero-order valence-electron chi connectivity index (χ0n) is 40.4. The average Bonchev–Trinajstić information content (AvgIpc) is 3.42. The van der Waals surface area contributed by atoms with Gasteiger partial charge < -0.3 is 9.80 Å². The Bertz CT molecular complexity index is 2630. The molecule has 0 unspecified atom stereocenters. The van der Waals surface area contributed by atoms with E-state index in [0.29, 0.717) is 0 Å². The first kappa shape index (κ1) is 41.1. The quantitative estimate of drug-likeness (QED) is 0.161. The zero-order valence-corrected chi connectivity index (χ0v) is 40.4. The van der Waals surface area contributed by atoms with Crippen molar-refractivity contribution in [3.05, 3.63) is 123 Å². The molecular weight excluding hydrogens is 723 g/mol. The monoisotopic (exact) mass is 795 g/mol. The predicted molar refractivity (Wildman–Crippen MR) is 263 cm³/mol. The maximum Gasteiger partial charge on any atom is 0.252 e. The van der Waals surface area contributed by atoms with Crippen molar-refractivity contribution in [2.75, 3.05) is 9.80 Å². The molecule has 0 saturated carbocycles. The highest BCUT2D eigenvalue weighted by Gasteiger charge is 2.49. The molecule has 0 bridgehead atoms. The Morgan fingerprint density at radius 1 is 0.417 bits per heavy atom. The summed E-state index contributed by atoms with van der Waals surface area (Å²) in [7, 11) is 0. The van der Waals surface area contributed by atoms with Crippen LogP contribution in [0.3, 0.4) is 0 Å². The van der Waals surface area contributed by atoms with Gasteiger partial charge >= 0.3 is 0 Å². The van der Waals surface area contributed by atoms with Crippen LogP contribution in [0, 0.1) is 6.92 Å². The van der Waals surface area contributed by atoms with Gasteiger partial charge in [0.1, 0.15) is 0 Å². The standard InChI is InChI=1S/C57H71BN2/c1-34-25-35(51(2,3)4)19-23-45(34)60-46-24-20-36(52(5,6)7)26-43(46)58-44-30-41-42(57(17,18)33-56(41,15)16)31-47(44)59(48-27-37(53(8,9)10)28-49(60)50(48)58)38-21-22-39-40(29-38)55(13,14)32-54(39,11)12/h19-31H,32-33H2,1-18H3. The molecule has 0 spiro atoms. The highest BCUT2D eigenvalue weighted by atomic mass is 15.2. The molecule has 2 aliphatic heterocycles. The van der Waals surface area contributed by atoms with E-state index < -0.39 is 0 Å². The smallest absolute Gasteiger partial charge is 0.252 e. The van der Waals surface area contributed by atoms with Crippen LogP contribution in [-0.4, -0.2) is 6.71 Å². The summed E-state index contributed by atoms with van der Waals surface area (Å²) in [5, 5.41) is 0. The van der Waals surface area contributed by atoms with Crippen molar-refractivity contribution in [3.63, 3.8) is 0 Å². The Labute approximate surface area is 364 Å². The van der Waals surface area contributed by atoms with Crippen LogP contribution in [0.2, 0.25) is 0 Å². The molecule has 2 nitrogen and oxygen atoms in total. The van der Waals surface area contributed by atoms with Crippen molar-refractivity contribution in [1.82, 2.24) is 0 Å². The Morgan fingerprint density at radius 2 is 0.883 bits per heavy atom. The van der Waals surface area contributed by atoms with Crippen molar-refractivity contribution in [2.45, 2.75) is 175 Å². The summed E-state index contributed by atoms with van der Waals surface area (Å²) in [5.41, 5.74) is 23.8. The molecule has 0 N–H and O–H groups in total. The second-order valence-electron chi connectivity index (χ2n) is 25.1. The van der Waals surface area contributed by atoms with Crippen molar-refractivity contribution in [3.8, 4) is 0 Å². The van der Waals surface area contributed by atoms with E-state index in [1.807, 2.05) is 0 Å². The highest BCUT2D eigenvalue weighted by Crippen LogP contribution is 2.55. The van der Waals surface area contributed by atoms with E-state index >= 15 is 0 Å².